The van der Waals surface area contributed by atoms with Crippen molar-refractivity contribution >= 4 is 17.9 Å². The molecule has 26 heavy (non-hydrogen) atoms. The highest BCUT2D eigenvalue weighted by molar-refractivity contribution is 5.90. The minimum absolute atomic E-state index is 0.143. The Labute approximate surface area is 153 Å². The molecule has 4 N–H and O–H groups in total. The molecule has 1 aromatic rings. The number of hydrogen-bond donors (Lipinski definition) is 4. The molecule has 0 saturated heterocycles. The molecule has 0 spiro atoms. The first-order chi connectivity index (χ1) is 12.5. The zero-order valence-corrected chi connectivity index (χ0v) is 15.1. The van der Waals surface area contributed by atoms with Gasteiger partial charge in [-0.1, -0.05) is 56.5 Å². The van der Waals surface area contributed by atoms with E-state index < -0.39 is 23.4 Å². The summed E-state index contributed by atoms with van der Waals surface area (Å²) < 4.78 is 0. The van der Waals surface area contributed by atoms with Crippen molar-refractivity contribution in [1.29, 1.82) is 0 Å². The van der Waals surface area contributed by atoms with Crippen molar-refractivity contribution in [2.75, 3.05) is 6.54 Å². The van der Waals surface area contributed by atoms with Gasteiger partial charge >= 0.3 is 12.0 Å². The lowest BCUT2D eigenvalue weighted by atomic mass is 9.87. The number of benzene rings is 1. The number of aliphatic carboxylic acids is 1. The number of amides is 3. The van der Waals surface area contributed by atoms with Gasteiger partial charge in [0.05, 0.1) is 6.54 Å². The number of urea groups is 1. The van der Waals surface area contributed by atoms with E-state index in [1.54, 1.807) is 37.3 Å². The van der Waals surface area contributed by atoms with E-state index in [-0.39, 0.29) is 19.0 Å². The normalized spacial score (nSPS) is 17.0. The molecule has 1 saturated carbocycles. The monoisotopic (exact) mass is 361 g/mol. The van der Waals surface area contributed by atoms with Crippen LogP contribution in [0.2, 0.25) is 0 Å². The Kier molecular flexibility index (Phi) is 7.00. The first-order valence-corrected chi connectivity index (χ1v) is 9.12. The molecule has 1 fully saturated rings. The predicted octanol–water partition coefficient (Wildman–Crippen LogP) is 2.12. The number of hydrogen-bond acceptors (Lipinski definition) is 3. The van der Waals surface area contributed by atoms with E-state index in [4.69, 9.17) is 0 Å². The molecule has 0 aromatic heterocycles. The van der Waals surface area contributed by atoms with Gasteiger partial charge in [0, 0.05) is 6.04 Å². The fourth-order valence-corrected chi connectivity index (χ4v) is 3.34. The topological polar surface area (TPSA) is 108 Å². The molecule has 7 nitrogen and oxygen atoms in total. The average molecular weight is 361 g/mol. The van der Waals surface area contributed by atoms with Gasteiger partial charge in [-0.05, 0) is 24.8 Å². The van der Waals surface area contributed by atoms with E-state index in [2.05, 4.69) is 16.0 Å². The van der Waals surface area contributed by atoms with Crippen LogP contribution < -0.4 is 16.0 Å². The van der Waals surface area contributed by atoms with Crippen LogP contribution in [0, 0.1) is 0 Å². The third-order valence-electron chi connectivity index (χ3n) is 4.86. The molecular weight excluding hydrogens is 334 g/mol. The highest BCUT2D eigenvalue weighted by Crippen LogP contribution is 2.25. The number of rotatable bonds is 7. The van der Waals surface area contributed by atoms with E-state index in [1.807, 2.05) is 0 Å². The first-order valence-electron chi connectivity index (χ1n) is 9.12. The van der Waals surface area contributed by atoms with Crippen LogP contribution in [0.1, 0.15) is 51.0 Å². The fourth-order valence-electron chi connectivity index (χ4n) is 3.34. The van der Waals surface area contributed by atoms with Crippen LogP contribution in [-0.2, 0) is 15.1 Å². The molecule has 0 aliphatic heterocycles. The molecule has 0 radical (unpaired) electrons. The Bertz CT molecular complexity index is 629. The van der Waals surface area contributed by atoms with Gasteiger partial charge in [-0.25, -0.2) is 9.59 Å². The summed E-state index contributed by atoms with van der Waals surface area (Å²) in [7, 11) is 0. The number of carboxylic acids is 1. The Balaban J connectivity index is 1.93. The zero-order chi connectivity index (χ0) is 19.0. The summed E-state index contributed by atoms with van der Waals surface area (Å²) in [6.07, 6.45) is 5.47. The first kappa shape index (κ1) is 19.8. The minimum atomic E-state index is -1.51. The summed E-state index contributed by atoms with van der Waals surface area (Å²) in [4.78, 5) is 36.1. The lowest BCUT2D eigenvalue weighted by Gasteiger charge is -2.30. The molecule has 1 unspecified atom stereocenters. The smallest absolute Gasteiger partial charge is 0.334 e. The highest BCUT2D eigenvalue weighted by Gasteiger charge is 2.40. The largest absolute Gasteiger partial charge is 0.479 e. The number of carbonyl (C=O) groups is 3. The molecule has 1 aromatic carbocycles. The lowest BCUT2D eigenvalue weighted by molar-refractivity contribution is -0.148. The van der Waals surface area contributed by atoms with Crippen molar-refractivity contribution in [2.24, 2.45) is 0 Å². The van der Waals surface area contributed by atoms with Crippen LogP contribution in [0.3, 0.4) is 0 Å². The number of carboxylic acid groups (broad SMARTS) is 1. The van der Waals surface area contributed by atoms with Gasteiger partial charge < -0.3 is 21.1 Å². The fraction of sp³-hybridized carbons (Fsp3) is 0.526. The van der Waals surface area contributed by atoms with Crippen molar-refractivity contribution < 1.29 is 19.5 Å². The molecule has 7 heteroatoms. The molecule has 142 valence electrons. The Hall–Kier alpha value is -2.57. The minimum Gasteiger partial charge on any atom is -0.479 e. The lowest BCUT2D eigenvalue weighted by Crippen LogP contribution is -2.54. The standard InChI is InChI=1S/C19H27N3O4/c1-2-19(17(24)25,14-9-5-3-6-10-14)22-16(23)13-20-18(26)21-15-11-7-4-8-12-15/h3,5-6,9-10,15H,2,4,7-8,11-13H2,1H3,(H,22,23)(H,24,25)(H2,20,21,26). The Morgan fingerprint density at radius 1 is 1.12 bits per heavy atom. The van der Waals surface area contributed by atoms with E-state index in [1.165, 1.54) is 6.42 Å². The molecular formula is C19H27N3O4. The number of carbonyl (C=O) groups excluding carboxylic acids is 2. The molecule has 0 bridgehead atoms. The summed E-state index contributed by atoms with van der Waals surface area (Å²) in [5.41, 5.74) is -1.02. The van der Waals surface area contributed by atoms with Crippen LogP contribution in [0.5, 0.6) is 0 Å². The van der Waals surface area contributed by atoms with Crippen LogP contribution in [0.15, 0.2) is 30.3 Å². The van der Waals surface area contributed by atoms with Gasteiger partial charge in [-0.15, -0.1) is 0 Å². The van der Waals surface area contributed by atoms with Crippen molar-refractivity contribution in [3.8, 4) is 0 Å². The van der Waals surface area contributed by atoms with E-state index in [9.17, 15) is 19.5 Å². The average Bonchev–Trinajstić information content (AvgIpc) is 2.66. The maximum Gasteiger partial charge on any atom is 0.334 e. The van der Waals surface area contributed by atoms with Crippen LogP contribution in [0.4, 0.5) is 4.79 Å². The van der Waals surface area contributed by atoms with Gasteiger partial charge in [-0.2, -0.15) is 0 Å². The van der Waals surface area contributed by atoms with Crippen LogP contribution in [0.25, 0.3) is 0 Å². The quantitative estimate of drug-likeness (QED) is 0.597. The summed E-state index contributed by atoms with van der Waals surface area (Å²) in [6, 6.07) is 8.32. The van der Waals surface area contributed by atoms with E-state index in [0.29, 0.717) is 5.56 Å². The molecule has 2 rings (SSSR count). The zero-order valence-electron chi connectivity index (χ0n) is 15.1. The molecule has 1 aliphatic rings. The summed E-state index contributed by atoms with van der Waals surface area (Å²) in [5.74, 6) is -1.68. The summed E-state index contributed by atoms with van der Waals surface area (Å²) >= 11 is 0. The Morgan fingerprint density at radius 3 is 2.35 bits per heavy atom. The second-order valence-electron chi connectivity index (χ2n) is 6.64. The summed E-state index contributed by atoms with van der Waals surface area (Å²) in [6.45, 7) is 1.42. The van der Waals surface area contributed by atoms with Gasteiger partial charge in [0.2, 0.25) is 5.91 Å². The van der Waals surface area contributed by atoms with Gasteiger partial charge in [0.25, 0.3) is 0 Å². The molecule has 0 heterocycles. The van der Waals surface area contributed by atoms with Crippen molar-refractivity contribution in [3.63, 3.8) is 0 Å². The second-order valence-corrected chi connectivity index (χ2v) is 6.64. The van der Waals surface area contributed by atoms with E-state index in [0.717, 1.165) is 25.7 Å². The predicted molar refractivity (Wildman–Crippen MR) is 97.6 cm³/mol. The van der Waals surface area contributed by atoms with E-state index >= 15 is 0 Å². The maximum absolute atomic E-state index is 12.3. The summed E-state index contributed by atoms with van der Waals surface area (Å²) in [5, 5.41) is 17.7. The van der Waals surface area contributed by atoms with Crippen LogP contribution >= 0.6 is 0 Å². The Morgan fingerprint density at radius 2 is 1.77 bits per heavy atom. The maximum atomic E-state index is 12.3. The van der Waals surface area contributed by atoms with Gasteiger partial charge in [0.15, 0.2) is 5.54 Å². The van der Waals surface area contributed by atoms with Gasteiger partial charge in [-0.3, -0.25) is 4.79 Å². The van der Waals surface area contributed by atoms with Crippen LogP contribution in [-0.4, -0.2) is 35.6 Å². The van der Waals surface area contributed by atoms with Gasteiger partial charge in [0.1, 0.15) is 0 Å². The molecule has 1 atom stereocenters. The number of nitrogens with one attached hydrogen (secondary N) is 3. The van der Waals surface area contributed by atoms with Crippen molar-refractivity contribution in [2.45, 2.75) is 57.0 Å². The SMILES string of the molecule is CCC(NC(=O)CNC(=O)NC1CCCCC1)(C(=O)O)c1ccccc1. The molecule has 3 amide bonds. The third-order valence-corrected chi connectivity index (χ3v) is 4.86. The van der Waals surface area contributed by atoms with Crippen molar-refractivity contribution in [3.05, 3.63) is 35.9 Å². The van der Waals surface area contributed by atoms with Crippen molar-refractivity contribution in [1.82, 2.24) is 16.0 Å². The third kappa shape index (κ3) is 4.97. The molecule has 1 aliphatic carbocycles. The highest BCUT2D eigenvalue weighted by atomic mass is 16.4. The second kappa shape index (κ2) is 9.22.